The molecule has 10 heteroatoms. The highest BCUT2D eigenvalue weighted by Gasteiger charge is 2.13. The predicted octanol–water partition coefficient (Wildman–Crippen LogP) is 4.37. The largest absolute Gasteiger partial charge is 0.494 e. The van der Waals surface area contributed by atoms with Gasteiger partial charge in [-0.1, -0.05) is 13.8 Å². The summed E-state index contributed by atoms with van der Waals surface area (Å²) in [5, 5.41) is 6.45. The first-order chi connectivity index (χ1) is 19.4. The zero-order chi connectivity index (χ0) is 28.7. The van der Waals surface area contributed by atoms with Gasteiger partial charge in [0.1, 0.15) is 11.5 Å². The molecule has 3 aromatic carbocycles. The average molecular weight is 548 g/mol. The minimum Gasteiger partial charge on any atom is -0.494 e. The van der Waals surface area contributed by atoms with E-state index in [9.17, 15) is 14.4 Å². The molecule has 0 fully saturated rings. The molecule has 40 heavy (non-hydrogen) atoms. The molecule has 10 nitrogen and oxygen atoms in total. The third-order valence-electron chi connectivity index (χ3n) is 5.35. The molecule has 3 aromatic rings. The fourth-order valence-electron chi connectivity index (χ4n) is 3.32. The standard InChI is InChI=1S/C30H33N3O7/c1-4-16-38-24-11-7-22(8-12-24)29(35)31-20-28(34)33-32-19-21-6-15-26(27(18-21)37-3)40-30(36)23-9-13-25(14-10-23)39-17-5-2/h6-15,18-19H,4-5,16-17,20H2,1-3H3,(H,31,35)(H,33,34). The first-order valence-corrected chi connectivity index (χ1v) is 12.9. The molecule has 210 valence electrons. The van der Waals surface area contributed by atoms with E-state index in [1.807, 2.05) is 13.8 Å². The van der Waals surface area contributed by atoms with Crippen LogP contribution in [-0.4, -0.2) is 50.9 Å². The van der Waals surface area contributed by atoms with Crippen LogP contribution >= 0.6 is 0 Å². The van der Waals surface area contributed by atoms with Gasteiger partial charge in [0.25, 0.3) is 11.8 Å². The van der Waals surface area contributed by atoms with Crippen molar-refractivity contribution in [3.05, 3.63) is 83.4 Å². The third kappa shape index (κ3) is 9.16. The number of ether oxygens (including phenoxy) is 4. The zero-order valence-corrected chi connectivity index (χ0v) is 22.8. The van der Waals surface area contributed by atoms with Crippen LogP contribution < -0.4 is 29.7 Å². The molecule has 2 amide bonds. The van der Waals surface area contributed by atoms with Gasteiger partial charge in [-0.2, -0.15) is 5.10 Å². The fraction of sp³-hybridized carbons (Fsp3) is 0.267. The Labute approximate surface area is 233 Å². The lowest BCUT2D eigenvalue weighted by molar-refractivity contribution is -0.120. The van der Waals surface area contributed by atoms with Crippen LogP contribution in [0.3, 0.4) is 0 Å². The predicted molar refractivity (Wildman–Crippen MR) is 150 cm³/mol. The molecule has 0 aliphatic heterocycles. The number of amides is 2. The van der Waals surface area contributed by atoms with Crippen molar-refractivity contribution in [3.8, 4) is 23.0 Å². The molecule has 0 heterocycles. The molecule has 0 aliphatic rings. The van der Waals surface area contributed by atoms with Crippen LogP contribution in [0.15, 0.2) is 71.8 Å². The molecule has 0 atom stereocenters. The Morgan fingerprint density at radius 1 is 0.800 bits per heavy atom. The topological polar surface area (TPSA) is 125 Å². The van der Waals surface area contributed by atoms with Crippen LogP contribution in [0.4, 0.5) is 0 Å². The number of hydrogen-bond donors (Lipinski definition) is 2. The number of carbonyl (C=O) groups excluding carboxylic acids is 3. The van der Waals surface area contributed by atoms with Crippen LogP contribution in [0.25, 0.3) is 0 Å². The Hall–Kier alpha value is -4.86. The summed E-state index contributed by atoms with van der Waals surface area (Å²) >= 11 is 0. The number of nitrogens with zero attached hydrogens (tertiary/aromatic N) is 1. The van der Waals surface area contributed by atoms with Crippen LogP contribution in [0.1, 0.15) is 53.0 Å². The van der Waals surface area contributed by atoms with E-state index in [4.69, 9.17) is 18.9 Å². The Balaban J connectivity index is 1.49. The summed E-state index contributed by atoms with van der Waals surface area (Å²) in [6.45, 7) is 4.97. The highest BCUT2D eigenvalue weighted by atomic mass is 16.6. The second kappa shape index (κ2) is 15.5. The summed E-state index contributed by atoms with van der Waals surface area (Å²) in [5.74, 6) is 0.454. The van der Waals surface area contributed by atoms with Crippen molar-refractivity contribution in [1.82, 2.24) is 10.7 Å². The Morgan fingerprint density at radius 2 is 1.40 bits per heavy atom. The lowest BCUT2D eigenvalue weighted by Gasteiger charge is -2.10. The van der Waals surface area contributed by atoms with Crippen LogP contribution in [0, 0.1) is 0 Å². The normalized spacial score (nSPS) is 10.6. The second-order valence-electron chi connectivity index (χ2n) is 8.52. The van der Waals surface area contributed by atoms with E-state index >= 15 is 0 Å². The number of methoxy groups -OCH3 is 1. The molecule has 2 N–H and O–H groups in total. The number of hydrogen-bond acceptors (Lipinski definition) is 8. The summed E-state index contributed by atoms with van der Waals surface area (Å²) in [6.07, 6.45) is 3.18. The van der Waals surface area contributed by atoms with Gasteiger partial charge in [0.2, 0.25) is 0 Å². The number of benzene rings is 3. The maximum atomic E-state index is 12.6. The Morgan fingerprint density at radius 3 is 1.98 bits per heavy atom. The quantitative estimate of drug-likeness (QED) is 0.133. The van der Waals surface area contributed by atoms with E-state index in [-0.39, 0.29) is 12.3 Å². The number of carbonyl (C=O) groups is 3. The lowest BCUT2D eigenvalue weighted by Crippen LogP contribution is -2.34. The third-order valence-corrected chi connectivity index (χ3v) is 5.35. The number of esters is 1. The van der Waals surface area contributed by atoms with Crippen LogP contribution in [0.5, 0.6) is 23.0 Å². The van der Waals surface area contributed by atoms with Gasteiger partial charge in [0.05, 0.1) is 38.6 Å². The van der Waals surface area contributed by atoms with E-state index in [2.05, 4.69) is 15.8 Å². The van der Waals surface area contributed by atoms with E-state index in [1.165, 1.54) is 13.3 Å². The second-order valence-corrected chi connectivity index (χ2v) is 8.52. The molecule has 0 aromatic heterocycles. The van der Waals surface area contributed by atoms with Gasteiger partial charge in [-0.3, -0.25) is 9.59 Å². The molecule has 0 saturated heterocycles. The number of nitrogens with one attached hydrogen (secondary N) is 2. The molecule has 0 spiro atoms. The van der Waals surface area contributed by atoms with E-state index < -0.39 is 17.8 Å². The molecule has 0 radical (unpaired) electrons. The van der Waals surface area contributed by atoms with E-state index in [1.54, 1.807) is 66.7 Å². The first-order valence-electron chi connectivity index (χ1n) is 12.9. The van der Waals surface area contributed by atoms with Gasteiger partial charge < -0.3 is 24.3 Å². The van der Waals surface area contributed by atoms with Crippen molar-refractivity contribution in [2.75, 3.05) is 26.9 Å². The van der Waals surface area contributed by atoms with Crippen LogP contribution in [0.2, 0.25) is 0 Å². The average Bonchev–Trinajstić information content (AvgIpc) is 2.98. The maximum absolute atomic E-state index is 12.6. The van der Waals surface area contributed by atoms with Crippen molar-refractivity contribution < 1.29 is 33.3 Å². The van der Waals surface area contributed by atoms with Crippen molar-refractivity contribution in [2.45, 2.75) is 26.7 Å². The SMILES string of the molecule is CCCOc1ccc(C(=O)NCC(=O)NN=Cc2ccc(OC(=O)c3ccc(OCCC)cc3)c(OC)c2)cc1. The number of rotatable bonds is 14. The number of hydrazone groups is 1. The highest BCUT2D eigenvalue weighted by molar-refractivity contribution is 5.96. The maximum Gasteiger partial charge on any atom is 0.343 e. The smallest absolute Gasteiger partial charge is 0.343 e. The van der Waals surface area contributed by atoms with Crippen molar-refractivity contribution in [1.29, 1.82) is 0 Å². The molecule has 0 aliphatic carbocycles. The summed E-state index contributed by atoms with van der Waals surface area (Å²) in [5.41, 5.74) is 3.71. The molecule has 0 unspecified atom stereocenters. The Bertz CT molecular complexity index is 1310. The monoisotopic (exact) mass is 547 g/mol. The summed E-state index contributed by atoms with van der Waals surface area (Å²) in [7, 11) is 1.45. The van der Waals surface area contributed by atoms with Gasteiger partial charge in [-0.25, -0.2) is 10.2 Å². The van der Waals surface area contributed by atoms with Gasteiger partial charge >= 0.3 is 5.97 Å². The van der Waals surface area contributed by atoms with Crippen molar-refractivity contribution in [2.24, 2.45) is 5.10 Å². The van der Waals surface area contributed by atoms with Crippen LogP contribution in [-0.2, 0) is 4.79 Å². The Kier molecular flexibility index (Phi) is 11.5. The fourth-order valence-corrected chi connectivity index (χ4v) is 3.32. The minimum absolute atomic E-state index is 0.229. The summed E-state index contributed by atoms with van der Waals surface area (Å²) in [4.78, 5) is 36.9. The van der Waals surface area contributed by atoms with E-state index in [0.717, 1.165) is 12.8 Å². The molecule has 0 bridgehead atoms. The summed E-state index contributed by atoms with van der Waals surface area (Å²) in [6, 6.07) is 18.2. The molecule has 0 saturated carbocycles. The lowest BCUT2D eigenvalue weighted by atomic mass is 10.2. The van der Waals surface area contributed by atoms with Crippen molar-refractivity contribution in [3.63, 3.8) is 0 Å². The van der Waals surface area contributed by atoms with Crippen molar-refractivity contribution >= 4 is 24.0 Å². The van der Waals surface area contributed by atoms with Gasteiger partial charge in [0.15, 0.2) is 11.5 Å². The van der Waals surface area contributed by atoms with E-state index in [0.29, 0.717) is 47.2 Å². The molecular formula is C30H33N3O7. The molecule has 3 rings (SSSR count). The van der Waals surface area contributed by atoms with Gasteiger partial charge in [-0.05, 0) is 85.1 Å². The minimum atomic E-state index is -0.545. The zero-order valence-electron chi connectivity index (χ0n) is 22.8. The molecular weight excluding hydrogens is 514 g/mol. The van der Waals surface area contributed by atoms with Gasteiger partial charge in [-0.15, -0.1) is 0 Å². The van der Waals surface area contributed by atoms with Gasteiger partial charge in [0, 0.05) is 5.56 Å². The summed E-state index contributed by atoms with van der Waals surface area (Å²) < 4.78 is 21.9. The highest BCUT2D eigenvalue weighted by Crippen LogP contribution is 2.28. The first kappa shape index (κ1) is 29.7.